The first-order chi connectivity index (χ1) is 11.7. The highest BCUT2D eigenvalue weighted by molar-refractivity contribution is 6.32. The average Bonchev–Trinajstić information content (AvgIpc) is 2.53. The molecule has 0 aliphatic carbocycles. The van der Waals surface area contributed by atoms with Gasteiger partial charge in [0.05, 0.1) is 12.1 Å². The highest BCUT2D eigenvalue weighted by atomic mass is 35.5. The first kappa shape index (κ1) is 19.2. The number of ether oxygens (including phenoxy) is 1. The molecule has 2 rings (SSSR count). The molecule has 0 aromatic heterocycles. The van der Waals surface area contributed by atoms with Crippen LogP contribution in [0.15, 0.2) is 18.2 Å². The Balaban J connectivity index is 1.87. The van der Waals surface area contributed by atoms with Gasteiger partial charge in [-0.15, -0.1) is 0 Å². The molecule has 1 aliphatic heterocycles. The Labute approximate surface area is 147 Å². The van der Waals surface area contributed by atoms with Crippen molar-refractivity contribution in [3.8, 4) is 5.75 Å². The minimum absolute atomic E-state index is 0.0612. The van der Waals surface area contributed by atoms with E-state index < -0.39 is 24.5 Å². The van der Waals surface area contributed by atoms with Crippen LogP contribution in [0, 0.1) is 0 Å². The molecule has 1 saturated heterocycles. The lowest BCUT2D eigenvalue weighted by atomic mass is 10.2. The summed E-state index contributed by atoms with van der Waals surface area (Å²) >= 11 is 5.98. The second-order valence-corrected chi connectivity index (χ2v) is 5.85. The number of methoxy groups -OCH3 is 1. The number of hydrogen-bond donors (Lipinski definition) is 1. The van der Waals surface area contributed by atoms with E-state index in [1.165, 1.54) is 18.1 Å². The van der Waals surface area contributed by atoms with Crippen LogP contribution in [-0.4, -0.2) is 61.2 Å². The Morgan fingerprint density at radius 3 is 2.32 bits per heavy atom. The number of alkyl halides is 3. The topological polar surface area (TPSA) is 61.9 Å². The molecule has 1 aliphatic rings. The molecule has 3 amide bonds. The number of anilines is 1. The molecule has 0 bridgehead atoms. The van der Waals surface area contributed by atoms with Crippen LogP contribution >= 0.6 is 11.6 Å². The van der Waals surface area contributed by atoms with E-state index in [1.807, 2.05) is 0 Å². The third kappa shape index (κ3) is 5.42. The lowest BCUT2D eigenvalue weighted by Gasteiger charge is -2.34. The van der Waals surface area contributed by atoms with E-state index in [-0.39, 0.29) is 26.2 Å². The van der Waals surface area contributed by atoms with Crippen molar-refractivity contribution in [3.63, 3.8) is 0 Å². The van der Waals surface area contributed by atoms with Gasteiger partial charge >= 0.3 is 12.2 Å². The number of nitrogens with zero attached hydrogens (tertiary/aromatic N) is 2. The van der Waals surface area contributed by atoms with Crippen molar-refractivity contribution in [2.75, 3.05) is 38.6 Å². The summed E-state index contributed by atoms with van der Waals surface area (Å²) in [4.78, 5) is 26.3. The van der Waals surface area contributed by atoms with Crippen molar-refractivity contribution < 1.29 is 27.5 Å². The fraction of sp³-hybridized carbons (Fsp3) is 0.467. The summed E-state index contributed by atoms with van der Waals surface area (Å²) in [6.07, 6.45) is -6.01. The van der Waals surface area contributed by atoms with Gasteiger partial charge in [-0.25, -0.2) is 4.79 Å². The van der Waals surface area contributed by atoms with Gasteiger partial charge < -0.3 is 19.9 Å². The van der Waals surface area contributed by atoms with Crippen LogP contribution < -0.4 is 10.1 Å². The molecular weight excluding hydrogens is 363 g/mol. The first-order valence-electron chi connectivity index (χ1n) is 7.43. The number of piperazine rings is 1. The van der Waals surface area contributed by atoms with Crippen molar-refractivity contribution in [1.82, 2.24) is 9.80 Å². The Bertz CT molecular complexity index is 647. The number of amides is 3. The van der Waals surface area contributed by atoms with Crippen LogP contribution in [0.1, 0.15) is 6.42 Å². The minimum Gasteiger partial charge on any atom is -0.495 e. The van der Waals surface area contributed by atoms with Crippen molar-refractivity contribution in [2.45, 2.75) is 12.6 Å². The predicted molar refractivity (Wildman–Crippen MR) is 85.8 cm³/mol. The molecule has 0 unspecified atom stereocenters. The monoisotopic (exact) mass is 379 g/mol. The van der Waals surface area contributed by atoms with Gasteiger partial charge in [-0.3, -0.25) is 4.79 Å². The zero-order chi connectivity index (χ0) is 18.6. The lowest BCUT2D eigenvalue weighted by Crippen LogP contribution is -2.52. The number of hydrogen-bond acceptors (Lipinski definition) is 3. The number of nitrogens with one attached hydrogen (secondary N) is 1. The number of urea groups is 1. The van der Waals surface area contributed by atoms with Crippen molar-refractivity contribution in [2.24, 2.45) is 0 Å². The van der Waals surface area contributed by atoms with Crippen LogP contribution in [0.3, 0.4) is 0 Å². The maximum atomic E-state index is 12.3. The molecule has 0 spiro atoms. The predicted octanol–water partition coefficient (Wildman–Crippen LogP) is 2.98. The fourth-order valence-corrected chi connectivity index (χ4v) is 2.65. The number of carbonyl (C=O) groups is 2. The van der Waals surface area contributed by atoms with Gasteiger partial charge in [0.2, 0.25) is 5.91 Å². The summed E-state index contributed by atoms with van der Waals surface area (Å²) in [5.41, 5.74) is 0.464. The molecule has 25 heavy (non-hydrogen) atoms. The third-order valence-corrected chi connectivity index (χ3v) is 3.97. The van der Waals surface area contributed by atoms with Gasteiger partial charge in [-0.05, 0) is 18.2 Å². The molecule has 1 fully saturated rings. The largest absolute Gasteiger partial charge is 0.495 e. The van der Waals surface area contributed by atoms with E-state index in [0.29, 0.717) is 16.5 Å². The normalized spacial score (nSPS) is 15.1. The van der Waals surface area contributed by atoms with Crippen molar-refractivity contribution in [3.05, 3.63) is 23.2 Å². The SMILES string of the molecule is COc1ccc(NC(=O)N2CCN(C(=O)CC(F)(F)F)CC2)cc1Cl. The zero-order valence-electron chi connectivity index (χ0n) is 13.4. The molecule has 6 nitrogen and oxygen atoms in total. The Kier molecular flexibility index (Phi) is 5.99. The smallest absolute Gasteiger partial charge is 0.397 e. The number of rotatable bonds is 3. The van der Waals surface area contributed by atoms with Gasteiger partial charge in [0.25, 0.3) is 0 Å². The highest BCUT2D eigenvalue weighted by Gasteiger charge is 2.34. The molecule has 1 heterocycles. The van der Waals surface area contributed by atoms with Crippen molar-refractivity contribution >= 4 is 29.2 Å². The number of benzene rings is 1. The average molecular weight is 380 g/mol. The molecule has 0 atom stereocenters. The summed E-state index contributed by atoms with van der Waals surface area (Å²) in [6.45, 7) is 0.427. The van der Waals surface area contributed by atoms with Crippen LogP contribution in [0.5, 0.6) is 5.75 Å². The van der Waals surface area contributed by atoms with E-state index in [1.54, 1.807) is 12.1 Å². The van der Waals surface area contributed by atoms with E-state index in [4.69, 9.17) is 16.3 Å². The first-order valence-corrected chi connectivity index (χ1v) is 7.81. The molecular formula is C15H17ClF3N3O3. The quantitative estimate of drug-likeness (QED) is 0.878. The third-order valence-electron chi connectivity index (χ3n) is 3.67. The second kappa shape index (κ2) is 7.81. The molecule has 138 valence electrons. The summed E-state index contributed by atoms with van der Waals surface area (Å²) < 4.78 is 41.8. The van der Waals surface area contributed by atoms with Crippen molar-refractivity contribution in [1.29, 1.82) is 0 Å². The Hall–Kier alpha value is -2.16. The molecule has 0 radical (unpaired) electrons. The molecule has 1 aromatic carbocycles. The molecule has 1 aromatic rings. The number of carbonyl (C=O) groups excluding carboxylic acids is 2. The summed E-state index contributed by atoms with van der Waals surface area (Å²) in [5, 5.41) is 2.99. The maximum Gasteiger partial charge on any atom is 0.397 e. The van der Waals surface area contributed by atoms with Gasteiger partial charge in [0, 0.05) is 31.9 Å². The van der Waals surface area contributed by atoms with Gasteiger partial charge in [-0.2, -0.15) is 13.2 Å². The van der Waals surface area contributed by atoms with E-state index in [0.717, 1.165) is 4.90 Å². The molecule has 1 N–H and O–H groups in total. The van der Waals surface area contributed by atoms with E-state index in [2.05, 4.69) is 5.32 Å². The Morgan fingerprint density at radius 2 is 1.80 bits per heavy atom. The second-order valence-electron chi connectivity index (χ2n) is 5.44. The van der Waals surface area contributed by atoms with Gasteiger partial charge in [0.1, 0.15) is 12.2 Å². The highest BCUT2D eigenvalue weighted by Crippen LogP contribution is 2.27. The maximum absolute atomic E-state index is 12.3. The van der Waals surface area contributed by atoms with Crippen LogP contribution in [0.2, 0.25) is 5.02 Å². The van der Waals surface area contributed by atoms with Gasteiger partial charge in [0.15, 0.2) is 0 Å². The Morgan fingerprint density at radius 1 is 1.20 bits per heavy atom. The van der Waals surface area contributed by atoms with Crippen LogP contribution in [-0.2, 0) is 4.79 Å². The van der Waals surface area contributed by atoms with Crippen LogP contribution in [0.4, 0.5) is 23.7 Å². The number of halogens is 4. The van der Waals surface area contributed by atoms with Crippen LogP contribution in [0.25, 0.3) is 0 Å². The van der Waals surface area contributed by atoms with E-state index >= 15 is 0 Å². The zero-order valence-corrected chi connectivity index (χ0v) is 14.2. The summed E-state index contributed by atoms with van der Waals surface area (Å²) in [6, 6.07) is 4.34. The summed E-state index contributed by atoms with van der Waals surface area (Å²) in [5.74, 6) is -0.508. The standard InChI is InChI=1S/C15H17ClF3N3O3/c1-25-12-3-2-10(8-11(12)16)20-14(24)22-6-4-21(5-7-22)13(23)9-15(17,18)19/h2-3,8H,4-7,9H2,1H3,(H,20,24). The van der Waals surface area contributed by atoms with E-state index in [9.17, 15) is 22.8 Å². The lowest BCUT2D eigenvalue weighted by molar-refractivity contribution is -0.162. The minimum atomic E-state index is -4.53. The molecule has 0 saturated carbocycles. The fourth-order valence-electron chi connectivity index (χ4n) is 2.39. The van der Waals surface area contributed by atoms with Gasteiger partial charge in [-0.1, -0.05) is 11.6 Å². The summed E-state index contributed by atoms with van der Waals surface area (Å²) in [7, 11) is 1.47. The molecule has 10 heteroatoms.